The summed E-state index contributed by atoms with van der Waals surface area (Å²) in [6, 6.07) is 7.47. The van der Waals surface area contributed by atoms with Gasteiger partial charge in [-0.15, -0.1) is 0 Å². The van der Waals surface area contributed by atoms with E-state index in [2.05, 4.69) is 0 Å². The highest BCUT2D eigenvalue weighted by Crippen LogP contribution is 2.36. The summed E-state index contributed by atoms with van der Waals surface area (Å²) in [4.78, 5) is 25.5. The third kappa shape index (κ3) is 3.08. The maximum atomic E-state index is 12.8. The van der Waals surface area contributed by atoms with Gasteiger partial charge in [0, 0.05) is 26.2 Å². The van der Waals surface area contributed by atoms with Crippen LogP contribution in [0.2, 0.25) is 0 Å². The summed E-state index contributed by atoms with van der Waals surface area (Å²) in [6.07, 6.45) is 0. The molecule has 2 aromatic rings. The third-order valence-electron chi connectivity index (χ3n) is 4.57. The molecule has 148 valence electrons. The van der Waals surface area contributed by atoms with E-state index >= 15 is 0 Å². The number of para-hydroxylation sites is 1. The van der Waals surface area contributed by atoms with Crippen molar-refractivity contribution in [1.82, 2.24) is 9.21 Å². The van der Waals surface area contributed by atoms with Crippen molar-refractivity contribution in [3.63, 3.8) is 0 Å². The van der Waals surface area contributed by atoms with Gasteiger partial charge in [0.15, 0.2) is 17.3 Å². The van der Waals surface area contributed by atoms with Crippen molar-refractivity contribution < 1.29 is 31.9 Å². The van der Waals surface area contributed by atoms with Gasteiger partial charge in [0.05, 0.1) is 5.56 Å². The molecular weight excluding hydrogens is 390 g/mol. The Kier molecular flexibility index (Phi) is 4.47. The van der Waals surface area contributed by atoms with Crippen molar-refractivity contribution in [1.29, 1.82) is 0 Å². The zero-order valence-electron chi connectivity index (χ0n) is 14.7. The predicted molar refractivity (Wildman–Crippen MR) is 94.5 cm³/mol. The number of ether oxygens (including phenoxy) is 2. The van der Waals surface area contributed by atoms with E-state index in [1.807, 2.05) is 0 Å². The first kappa shape index (κ1) is 18.3. The minimum atomic E-state index is -3.92. The highest BCUT2D eigenvalue weighted by atomic mass is 32.2. The van der Waals surface area contributed by atoms with Crippen LogP contribution in [-0.4, -0.2) is 62.4 Å². The lowest BCUT2D eigenvalue weighted by molar-refractivity contribution is 0.0692. The lowest BCUT2D eigenvalue weighted by Crippen LogP contribution is -2.50. The fourth-order valence-corrected chi connectivity index (χ4v) is 4.45. The van der Waals surface area contributed by atoms with Crippen LogP contribution in [0.15, 0.2) is 39.8 Å². The molecule has 2 aliphatic heterocycles. The Morgan fingerprint density at radius 1 is 1.00 bits per heavy atom. The third-order valence-corrected chi connectivity index (χ3v) is 6.34. The average molecular weight is 407 g/mol. The molecule has 4 rings (SSSR count). The summed E-state index contributed by atoms with van der Waals surface area (Å²) in [5.41, 5.74) is 5.47. The summed E-state index contributed by atoms with van der Waals surface area (Å²) in [6.45, 7) is 0.639. The van der Waals surface area contributed by atoms with Crippen LogP contribution in [0, 0.1) is 0 Å². The fourth-order valence-electron chi connectivity index (χ4n) is 3.12. The predicted octanol–water partition coefficient (Wildman–Crippen LogP) is 0.254. The zero-order valence-corrected chi connectivity index (χ0v) is 15.5. The zero-order chi connectivity index (χ0) is 19.9. The topological polar surface area (TPSA) is 132 Å². The van der Waals surface area contributed by atoms with Crippen molar-refractivity contribution in [2.75, 3.05) is 33.0 Å². The summed E-state index contributed by atoms with van der Waals surface area (Å²) in [5, 5.41) is -0.354. The number of hydrogen-bond acceptors (Lipinski definition) is 7. The molecule has 1 aromatic heterocycles. The van der Waals surface area contributed by atoms with Crippen LogP contribution in [0.25, 0.3) is 0 Å². The molecule has 0 bridgehead atoms. The van der Waals surface area contributed by atoms with Crippen molar-refractivity contribution in [2.45, 2.75) is 5.09 Å². The Morgan fingerprint density at radius 2 is 1.75 bits per heavy atom. The first-order valence-electron chi connectivity index (χ1n) is 8.45. The first-order valence-corrected chi connectivity index (χ1v) is 9.89. The van der Waals surface area contributed by atoms with Gasteiger partial charge in [-0.1, -0.05) is 6.07 Å². The number of primary amides is 1. The van der Waals surface area contributed by atoms with Crippen molar-refractivity contribution in [3.05, 3.63) is 41.7 Å². The van der Waals surface area contributed by atoms with Crippen LogP contribution in [0.4, 0.5) is 0 Å². The fraction of sp³-hybridized carbons (Fsp3) is 0.294. The van der Waals surface area contributed by atoms with E-state index in [9.17, 15) is 18.0 Å². The molecule has 11 heteroatoms. The van der Waals surface area contributed by atoms with Crippen LogP contribution >= 0.6 is 0 Å². The number of nitrogens with zero attached hydrogens (tertiary/aromatic N) is 2. The van der Waals surface area contributed by atoms with E-state index in [0.717, 1.165) is 0 Å². The van der Waals surface area contributed by atoms with E-state index in [1.165, 1.54) is 16.4 Å². The number of furan rings is 1. The van der Waals surface area contributed by atoms with Crippen LogP contribution in [0.1, 0.15) is 20.9 Å². The molecular formula is C17H17N3O7S. The number of benzene rings is 1. The van der Waals surface area contributed by atoms with E-state index < -0.39 is 15.9 Å². The molecule has 0 atom stereocenters. The summed E-state index contributed by atoms with van der Waals surface area (Å²) >= 11 is 0. The minimum absolute atomic E-state index is 0.0576. The number of rotatable bonds is 4. The molecule has 3 heterocycles. The Morgan fingerprint density at radius 3 is 2.43 bits per heavy atom. The van der Waals surface area contributed by atoms with Gasteiger partial charge in [0.1, 0.15) is 0 Å². The summed E-state index contributed by atoms with van der Waals surface area (Å²) < 4.78 is 42.2. The van der Waals surface area contributed by atoms with Gasteiger partial charge in [-0.05, 0) is 24.3 Å². The number of carbonyl (C=O) groups excluding carboxylic acids is 2. The Bertz CT molecular complexity index is 1040. The van der Waals surface area contributed by atoms with E-state index in [0.29, 0.717) is 17.1 Å². The van der Waals surface area contributed by atoms with E-state index in [1.54, 1.807) is 23.1 Å². The SMILES string of the molecule is NC(=O)c1ccc(S(=O)(=O)N2CCN(C(=O)c3cccc4c3OCO4)CC2)o1. The maximum Gasteiger partial charge on any atom is 0.284 e. The highest BCUT2D eigenvalue weighted by Gasteiger charge is 2.34. The quantitative estimate of drug-likeness (QED) is 0.768. The number of fused-ring (bicyclic) bond motifs is 1. The number of piperazine rings is 1. The van der Waals surface area contributed by atoms with Crippen molar-refractivity contribution in [3.8, 4) is 11.5 Å². The molecule has 0 aliphatic carbocycles. The number of carbonyl (C=O) groups is 2. The molecule has 28 heavy (non-hydrogen) atoms. The number of sulfonamides is 1. The molecule has 2 amide bonds. The largest absolute Gasteiger partial charge is 0.454 e. The van der Waals surface area contributed by atoms with Crippen molar-refractivity contribution in [2.24, 2.45) is 5.73 Å². The summed E-state index contributed by atoms with van der Waals surface area (Å²) in [5.74, 6) is -0.424. The highest BCUT2D eigenvalue weighted by molar-refractivity contribution is 7.89. The maximum absolute atomic E-state index is 12.8. The van der Waals surface area contributed by atoms with Gasteiger partial charge in [0.25, 0.3) is 21.8 Å². The second-order valence-electron chi connectivity index (χ2n) is 6.22. The van der Waals surface area contributed by atoms with Gasteiger partial charge < -0.3 is 24.5 Å². The van der Waals surface area contributed by atoms with Crippen molar-refractivity contribution >= 4 is 21.8 Å². The van der Waals surface area contributed by atoms with Crippen LogP contribution in [-0.2, 0) is 10.0 Å². The Hall–Kier alpha value is -3.05. The first-order chi connectivity index (χ1) is 13.4. The average Bonchev–Trinajstić information content (AvgIpc) is 3.37. The van der Waals surface area contributed by atoms with Gasteiger partial charge in [0.2, 0.25) is 11.9 Å². The molecule has 0 spiro atoms. The molecule has 10 nitrogen and oxygen atoms in total. The molecule has 1 aromatic carbocycles. The minimum Gasteiger partial charge on any atom is -0.454 e. The normalized spacial score (nSPS) is 16.9. The molecule has 0 saturated carbocycles. The molecule has 2 aliphatic rings. The summed E-state index contributed by atoms with van der Waals surface area (Å²) in [7, 11) is -3.92. The van der Waals surface area contributed by atoms with E-state index in [-0.39, 0.29) is 49.7 Å². The number of hydrogen-bond donors (Lipinski definition) is 1. The number of nitrogens with two attached hydrogens (primary N) is 1. The molecule has 2 N–H and O–H groups in total. The monoisotopic (exact) mass is 407 g/mol. The van der Waals surface area contributed by atoms with Crippen LogP contribution < -0.4 is 15.2 Å². The number of amides is 2. The molecule has 1 saturated heterocycles. The van der Waals surface area contributed by atoms with Gasteiger partial charge in [-0.25, -0.2) is 8.42 Å². The lowest BCUT2D eigenvalue weighted by Gasteiger charge is -2.33. The lowest BCUT2D eigenvalue weighted by atomic mass is 10.1. The van der Waals surface area contributed by atoms with Crippen LogP contribution in [0.3, 0.4) is 0 Å². The van der Waals surface area contributed by atoms with Gasteiger partial charge in [-0.2, -0.15) is 4.31 Å². The Balaban J connectivity index is 1.46. The van der Waals surface area contributed by atoms with Gasteiger partial charge in [-0.3, -0.25) is 9.59 Å². The Labute approximate surface area is 160 Å². The molecule has 0 unspecified atom stereocenters. The van der Waals surface area contributed by atoms with Gasteiger partial charge >= 0.3 is 0 Å². The smallest absolute Gasteiger partial charge is 0.284 e. The second-order valence-corrected chi connectivity index (χ2v) is 8.09. The van der Waals surface area contributed by atoms with Crippen LogP contribution in [0.5, 0.6) is 11.5 Å². The molecule has 1 fully saturated rings. The van der Waals surface area contributed by atoms with E-state index in [4.69, 9.17) is 19.6 Å². The second kappa shape index (κ2) is 6.84. The molecule has 0 radical (unpaired) electrons. The standard InChI is InChI=1S/C17H17N3O7S/c18-16(21)13-4-5-14(27-13)28(23,24)20-8-6-19(7-9-20)17(22)11-2-1-3-12-15(11)26-10-25-12/h1-5H,6-10H2,(H2,18,21).